The van der Waals surface area contributed by atoms with Gasteiger partial charge in [0.2, 0.25) is 0 Å². The highest BCUT2D eigenvalue weighted by Crippen LogP contribution is 2.34. The standard InChI is InChI=1S/C18H20F3N3O/c1-24(2)14-9-7-13(8-10-14)11-12-22-17(25)23-16-6-4-3-5-15(16)18(19,20)21/h3-10H,11-12H2,1-2H3,(H2,22,23,25). The highest BCUT2D eigenvalue weighted by molar-refractivity contribution is 5.90. The van der Waals surface area contributed by atoms with Crippen LogP contribution in [0.25, 0.3) is 0 Å². The number of nitrogens with zero attached hydrogens (tertiary/aromatic N) is 1. The number of hydrogen-bond donors (Lipinski definition) is 2. The molecule has 2 aromatic carbocycles. The van der Waals surface area contributed by atoms with Crippen LogP contribution in [0.4, 0.5) is 29.3 Å². The molecule has 0 aliphatic heterocycles. The topological polar surface area (TPSA) is 44.4 Å². The Morgan fingerprint density at radius 2 is 1.68 bits per heavy atom. The fourth-order valence-electron chi connectivity index (χ4n) is 2.29. The van der Waals surface area contributed by atoms with E-state index in [9.17, 15) is 18.0 Å². The molecule has 0 spiro atoms. The second-order valence-electron chi connectivity index (χ2n) is 5.74. The molecule has 0 saturated carbocycles. The van der Waals surface area contributed by atoms with Crippen molar-refractivity contribution in [2.24, 2.45) is 0 Å². The molecule has 2 aromatic rings. The molecule has 2 N–H and O–H groups in total. The van der Waals surface area contributed by atoms with Crippen LogP contribution in [0.5, 0.6) is 0 Å². The lowest BCUT2D eigenvalue weighted by Crippen LogP contribution is -2.31. The van der Waals surface area contributed by atoms with Crippen molar-refractivity contribution >= 4 is 17.4 Å². The average molecular weight is 351 g/mol. The van der Waals surface area contributed by atoms with E-state index in [1.807, 2.05) is 43.3 Å². The Morgan fingerprint density at radius 1 is 1.04 bits per heavy atom. The van der Waals surface area contributed by atoms with Gasteiger partial charge in [-0.05, 0) is 36.2 Å². The number of halogens is 3. The van der Waals surface area contributed by atoms with Gasteiger partial charge in [-0.15, -0.1) is 0 Å². The van der Waals surface area contributed by atoms with E-state index in [4.69, 9.17) is 0 Å². The minimum absolute atomic E-state index is 0.261. The number of urea groups is 1. The molecule has 0 saturated heterocycles. The smallest absolute Gasteiger partial charge is 0.378 e. The summed E-state index contributed by atoms with van der Waals surface area (Å²) >= 11 is 0. The summed E-state index contributed by atoms with van der Waals surface area (Å²) in [7, 11) is 3.89. The van der Waals surface area contributed by atoms with Crippen LogP contribution in [0.3, 0.4) is 0 Å². The normalized spacial score (nSPS) is 11.1. The van der Waals surface area contributed by atoms with E-state index in [0.29, 0.717) is 13.0 Å². The van der Waals surface area contributed by atoms with Gasteiger partial charge >= 0.3 is 12.2 Å². The molecule has 0 unspecified atom stereocenters. The molecule has 134 valence electrons. The lowest BCUT2D eigenvalue weighted by atomic mass is 10.1. The van der Waals surface area contributed by atoms with Crippen LogP contribution >= 0.6 is 0 Å². The van der Waals surface area contributed by atoms with E-state index >= 15 is 0 Å². The summed E-state index contributed by atoms with van der Waals surface area (Å²) in [6, 6.07) is 12.1. The molecule has 0 bridgehead atoms. The number of carbonyl (C=O) groups excluding carboxylic acids is 1. The largest absolute Gasteiger partial charge is 0.418 e. The Labute approximate surface area is 144 Å². The maximum Gasteiger partial charge on any atom is 0.418 e. The number of nitrogens with one attached hydrogen (secondary N) is 2. The van der Waals surface area contributed by atoms with E-state index in [0.717, 1.165) is 17.3 Å². The maximum absolute atomic E-state index is 12.9. The molecule has 0 radical (unpaired) electrons. The van der Waals surface area contributed by atoms with E-state index in [2.05, 4.69) is 10.6 Å². The van der Waals surface area contributed by atoms with E-state index in [1.54, 1.807) is 0 Å². The Hall–Kier alpha value is -2.70. The molecular formula is C18H20F3N3O. The van der Waals surface area contributed by atoms with E-state index in [1.165, 1.54) is 18.2 Å². The highest BCUT2D eigenvalue weighted by atomic mass is 19.4. The first-order valence-corrected chi connectivity index (χ1v) is 7.74. The number of rotatable bonds is 5. The van der Waals surface area contributed by atoms with Gasteiger partial charge in [-0.3, -0.25) is 0 Å². The van der Waals surface area contributed by atoms with Crippen LogP contribution in [0.15, 0.2) is 48.5 Å². The number of amides is 2. The zero-order valence-corrected chi connectivity index (χ0v) is 14.0. The monoisotopic (exact) mass is 351 g/mol. The van der Waals surface area contributed by atoms with Gasteiger partial charge in [-0.25, -0.2) is 4.79 Å². The van der Waals surface area contributed by atoms with E-state index in [-0.39, 0.29) is 5.69 Å². The fourth-order valence-corrected chi connectivity index (χ4v) is 2.29. The number of alkyl halides is 3. The van der Waals surface area contributed by atoms with Crippen LogP contribution in [0.2, 0.25) is 0 Å². The van der Waals surface area contributed by atoms with Gasteiger partial charge in [0.25, 0.3) is 0 Å². The van der Waals surface area contributed by atoms with Crippen LogP contribution in [0.1, 0.15) is 11.1 Å². The molecule has 0 aliphatic rings. The zero-order valence-electron chi connectivity index (χ0n) is 14.0. The summed E-state index contributed by atoms with van der Waals surface area (Å²) in [6.07, 6.45) is -3.93. The van der Waals surface area contributed by atoms with Crippen molar-refractivity contribution in [3.05, 3.63) is 59.7 Å². The fraction of sp³-hybridized carbons (Fsp3) is 0.278. The van der Waals surface area contributed by atoms with Crippen LogP contribution in [-0.4, -0.2) is 26.7 Å². The van der Waals surface area contributed by atoms with Gasteiger partial charge in [-0.2, -0.15) is 13.2 Å². The number of carbonyl (C=O) groups is 1. The number of benzene rings is 2. The molecule has 4 nitrogen and oxygen atoms in total. The van der Waals surface area contributed by atoms with Gasteiger partial charge in [-0.1, -0.05) is 24.3 Å². The number of hydrogen-bond acceptors (Lipinski definition) is 2. The van der Waals surface area contributed by atoms with Gasteiger partial charge in [0.1, 0.15) is 0 Å². The van der Waals surface area contributed by atoms with Gasteiger partial charge in [0.05, 0.1) is 11.3 Å². The minimum Gasteiger partial charge on any atom is -0.378 e. The van der Waals surface area contributed by atoms with Crippen LogP contribution in [0, 0.1) is 0 Å². The van der Waals surface area contributed by atoms with Crippen molar-refractivity contribution in [2.45, 2.75) is 12.6 Å². The molecule has 25 heavy (non-hydrogen) atoms. The predicted octanol–water partition coefficient (Wildman–Crippen LogP) is 4.14. The Kier molecular flexibility index (Phi) is 5.90. The summed E-state index contributed by atoms with van der Waals surface area (Å²) in [5.41, 5.74) is 0.965. The average Bonchev–Trinajstić information content (AvgIpc) is 2.55. The number of para-hydroxylation sites is 1. The third-order valence-electron chi connectivity index (χ3n) is 3.63. The summed E-state index contributed by atoms with van der Waals surface area (Å²) in [5.74, 6) is 0. The third-order valence-corrected chi connectivity index (χ3v) is 3.63. The van der Waals surface area contributed by atoms with Crippen molar-refractivity contribution in [1.29, 1.82) is 0 Å². The SMILES string of the molecule is CN(C)c1ccc(CCNC(=O)Nc2ccccc2C(F)(F)F)cc1. The Bertz CT molecular complexity index is 712. The van der Waals surface area contributed by atoms with Crippen molar-refractivity contribution in [1.82, 2.24) is 5.32 Å². The van der Waals surface area contributed by atoms with Crippen molar-refractivity contribution < 1.29 is 18.0 Å². The molecule has 0 heterocycles. The summed E-state index contributed by atoms with van der Waals surface area (Å²) < 4.78 is 38.7. The molecule has 0 fully saturated rings. The molecule has 2 rings (SSSR count). The Balaban J connectivity index is 1.87. The first kappa shape index (κ1) is 18.6. The van der Waals surface area contributed by atoms with Gasteiger partial charge in [0, 0.05) is 26.3 Å². The molecular weight excluding hydrogens is 331 g/mol. The lowest BCUT2D eigenvalue weighted by molar-refractivity contribution is -0.136. The lowest BCUT2D eigenvalue weighted by Gasteiger charge is -2.14. The maximum atomic E-state index is 12.9. The van der Waals surface area contributed by atoms with E-state index < -0.39 is 17.8 Å². The first-order valence-electron chi connectivity index (χ1n) is 7.74. The van der Waals surface area contributed by atoms with Crippen LogP contribution in [-0.2, 0) is 12.6 Å². The van der Waals surface area contributed by atoms with Crippen molar-refractivity contribution in [2.75, 3.05) is 30.9 Å². The van der Waals surface area contributed by atoms with Gasteiger partial charge < -0.3 is 15.5 Å². The van der Waals surface area contributed by atoms with Gasteiger partial charge in [0.15, 0.2) is 0 Å². The predicted molar refractivity (Wildman–Crippen MR) is 92.9 cm³/mol. The molecule has 0 aromatic heterocycles. The zero-order chi connectivity index (χ0) is 18.4. The van der Waals surface area contributed by atoms with Crippen molar-refractivity contribution in [3.8, 4) is 0 Å². The summed E-state index contributed by atoms with van der Waals surface area (Å²) in [5, 5.41) is 4.82. The van der Waals surface area contributed by atoms with Crippen LogP contribution < -0.4 is 15.5 Å². The summed E-state index contributed by atoms with van der Waals surface area (Å²) in [6.45, 7) is 0.321. The van der Waals surface area contributed by atoms with Crippen molar-refractivity contribution in [3.63, 3.8) is 0 Å². The number of anilines is 2. The summed E-state index contributed by atoms with van der Waals surface area (Å²) in [4.78, 5) is 13.8. The quantitative estimate of drug-likeness (QED) is 0.850. The molecule has 7 heteroatoms. The molecule has 0 aliphatic carbocycles. The Morgan fingerprint density at radius 3 is 2.28 bits per heavy atom. The third kappa shape index (κ3) is 5.41. The highest BCUT2D eigenvalue weighted by Gasteiger charge is 2.33. The second kappa shape index (κ2) is 7.92. The minimum atomic E-state index is -4.52. The first-order chi connectivity index (χ1) is 11.8. The molecule has 0 atom stereocenters. The second-order valence-corrected chi connectivity index (χ2v) is 5.74. The molecule has 2 amide bonds.